The van der Waals surface area contributed by atoms with Gasteiger partial charge in [-0.15, -0.1) is 12.4 Å². The van der Waals surface area contributed by atoms with Crippen molar-refractivity contribution in [2.24, 2.45) is 5.16 Å². The molecule has 0 unspecified atom stereocenters. The van der Waals surface area contributed by atoms with Crippen LogP contribution in [0.5, 0.6) is 0 Å². The first kappa shape index (κ1) is 7.76. The lowest BCUT2D eigenvalue weighted by atomic mass is 10.3. The van der Waals surface area contributed by atoms with Gasteiger partial charge < -0.3 is 5.21 Å². The lowest BCUT2D eigenvalue weighted by molar-refractivity contribution is 0.317. The zero-order valence-electron chi connectivity index (χ0n) is 4.63. The van der Waals surface area contributed by atoms with Crippen LogP contribution in [0.3, 0.4) is 0 Å². The van der Waals surface area contributed by atoms with Gasteiger partial charge in [0.1, 0.15) is 0 Å². The fraction of sp³-hybridized carbons (Fsp3) is 0.800. The van der Waals surface area contributed by atoms with Crippen LogP contribution in [0, 0.1) is 0 Å². The molecule has 2 nitrogen and oxygen atoms in total. The molecule has 0 heterocycles. The van der Waals surface area contributed by atoms with E-state index in [1.54, 1.807) is 0 Å². The summed E-state index contributed by atoms with van der Waals surface area (Å²) in [7, 11) is 0. The summed E-state index contributed by atoms with van der Waals surface area (Å²) in [6.45, 7) is 0. The molecule has 1 aliphatic rings. The smallest absolute Gasteiger partial charge is 0.0570 e. The monoisotopic (exact) mass is 135 g/mol. The molecular formula is C5H10ClNO. The predicted octanol–water partition coefficient (Wildman–Crippen LogP) is 1.81. The average Bonchev–Trinajstić information content (AvgIpc) is 2.14. The van der Waals surface area contributed by atoms with Crippen molar-refractivity contribution in [3.8, 4) is 0 Å². The van der Waals surface area contributed by atoms with Gasteiger partial charge in [0.25, 0.3) is 0 Å². The van der Waals surface area contributed by atoms with Gasteiger partial charge in [0.2, 0.25) is 0 Å². The quantitative estimate of drug-likeness (QED) is 0.399. The first-order chi connectivity index (χ1) is 3.43. The third-order valence-corrected chi connectivity index (χ3v) is 1.32. The molecule has 0 aromatic heterocycles. The number of oxime groups is 1. The molecule has 3 heteroatoms. The van der Waals surface area contributed by atoms with Gasteiger partial charge in [0.15, 0.2) is 0 Å². The van der Waals surface area contributed by atoms with Crippen molar-refractivity contribution in [1.29, 1.82) is 0 Å². The van der Waals surface area contributed by atoms with Gasteiger partial charge in [-0.05, 0) is 25.7 Å². The van der Waals surface area contributed by atoms with Crippen LogP contribution >= 0.6 is 12.4 Å². The Kier molecular flexibility index (Phi) is 3.61. The molecule has 1 aliphatic carbocycles. The molecule has 0 bridgehead atoms. The maximum atomic E-state index is 8.15. The summed E-state index contributed by atoms with van der Waals surface area (Å²) in [5, 5.41) is 11.3. The number of nitrogens with zero attached hydrogens (tertiary/aromatic N) is 1. The van der Waals surface area contributed by atoms with E-state index in [4.69, 9.17) is 5.21 Å². The first-order valence-corrected chi connectivity index (χ1v) is 2.63. The van der Waals surface area contributed by atoms with Crippen LogP contribution in [-0.2, 0) is 0 Å². The summed E-state index contributed by atoms with van der Waals surface area (Å²) >= 11 is 0. The Hall–Kier alpha value is -0.240. The van der Waals surface area contributed by atoms with Crippen LogP contribution < -0.4 is 0 Å². The molecule has 0 saturated heterocycles. The van der Waals surface area contributed by atoms with Gasteiger partial charge in [-0.3, -0.25) is 0 Å². The second-order valence-corrected chi connectivity index (χ2v) is 1.87. The van der Waals surface area contributed by atoms with Crippen LogP contribution in [0.2, 0.25) is 0 Å². The molecule has 0 amide bonds. The molecule has 48 valence electrons. The van der Waals surface area contributed by atoms with E-state index in [2.05, 4.69) is 5.16 Å². The van der Waals surface area contributed by atoms with E-state index < -0.39 is 0 Å². The minimum Gasteiger partial charge on any atom is -0.411 e. The molecular weight excluding hydrogens is 126 g/mol. The number of rotatable bonds is 0. The van der Waals surface area contributed by atoms with Crippen LogP contribution in [0.15, 0.2) is 5.16 Å². The van der Waals surface area contributed by atoms with Crippen molar-refractivity contribution < 1.29 is 5.21 Å². The third kappa shape index (κ3) is 1.70. The lowest BCUT2D eigenvalue weighted by Gasteiger charge is -1.82. The van der Waals surface area contributed by atoms with Gasteiger partial charge in [-0.1, -0.05) is 5.16 Å². The number of hydrogen-bond donors (Lipinski definition) is 1. The largest absolute Gasteiger partial charge is 0.411 e. The minimum absolute atomic E-state index is 0. The molecule has 1 N–H and O–H groups in total. The highest BCUT2D eigenvalue weighted by Crippen LogP contribution is 2.13. The van der Waals surface area contributed by atoms with Crippen LogP contribution in [-0.4, -0.2) is 10.9 Å². The van der Waals surface area contributed by atoms with E-state index in [-0.39, 0.29) is 12.4 Å². The molecule has 0 atom stereocenters. The fourth-order valence-electron chi connectivity index (χ4n) is 0.883. The highest BCUT2D eigenvalue weighted by molar-refractivity contribution is 5.85. The number of hydrogen-bond acceptors (Lipinski definition) is 2. The third-order valence-electron chi connectivity index (χ3n) is 1.32. The van der Waals surface area contributed by atoms with Crippen LogP contribution in [0.1, 0.15) is 25.7 Å². The Bertz CT molecular complexity index is 84.4. The maximum Gasteiger partial charge on any atom is 0.0570 e. The Labute approximate surface area is 55.0 Å². The first-order valence-electron chi connectivity index (χ1n) is 2.63. The van der Waals surface area contributed by atoms with Crippen molar-refractivity contribution in [3.05, 3.63) is 0 Å². The molecule has 0 aromatic rings. The van der Waals surface area contributed by atoms with E-state index in [1.165, 1.54) is 12.8 Å². The standard InChI is InChI=1S/C5H9NO.ClH/c7-6-5-3-1-2-4-5;/h7H,1-4H2;1H. The second kappa shape index (κ2) is 3.72. The van der Waals surface area contributed by atoms with Crippen molar-refractivity contribution in [2.45, 2.75) is 25.7 Å². The van der Waals surface area contributed by atoms with Crippen molar-refractivity contribution in [2.75, 3.05) is 0 Å². The highest BCUT2D eigenvalue weighted by Gasteiger charge is 2.06. The van der Waals surface area contributed by atoms with E-state index in [0.29, 0.717) is 0 Å². The summed E-state index contributed by atoms with van der Waals surface area (Å²) < 4.78 is 0. The lowest BCUT2D eigenvalue weighted by Crippen LogP contribution is -1.85. The molecule has 0 spiro atoms. The second-order valence-electron chi connectivity index (χ2n) is 1.87. The van der Waals surface area contributed by atoms with E-state index >= 15 is 0 Å². The van der Waals surface area contributed by atoms with Crippen molar-refractivity contribution in [1.82, 2.24) is 0 Å². The van der Waals surface area contributed by atoms with E-state index in [0.717, 1.165) is 18.6 Å². The van der Waals surface area contributed by atoms with E-state index in [9.17, 15) is 0 Å². The zero-order valence-corrected chi connectivity index (χ0v) is 5.45. The topological polar surface area (TPSA) is 32.6 Å². The predicted molar refractivity (Wildman–Crippen MR) is 34.9 cm³/mol. The summed E-state index contributed by atoms with van der Waals surface area (Å²) in [6, 6.07) is 0. The van der Waals surface area contributed by atoms with Gasteiger partial charge in [0, 0.05) is 0 Å². The normalized spacial score (nSPS) is 17.8. The maximum absolute atomic E-state index is 8.15. The van der Waals surface area contributed by atoms with Gasteiger partial charge in [-0.2, -0.15) is 0 Å². The molecule has 8 heavy (non-hydrogen) atoms. The zero-order chi connectivity index (χ0) is 5.11. The highest BCUT2D eigenvalue weighted by atomic mass is 35.5. The Morgan fingerprint density at radius 3 is 2.00 bits per heavy atom. The number of halogens is 1. The molecule has 0 aromatic carbocycles. The van der Waals surface area contributed by atoms with Crippen LogP contribution in [0.25, 0.3) is 0 Å². The molecule has 1 saturated carbocycles. The van der Waals surface area contributed by atoms with Crippen molar-refractivity contribution >= 4 is 18.1 Å². The summed E-state index contributed by atoms with van der Waals surface area (Å²) in [5.41, 5.74) is 0.972. The Balaban J connectivity index is 0.000000490. The summed E-state index contributed by atoms with van der Waals surface area (Å²) in [4.78, 5) is 0. The van der Waals surface area contributed by atoms with Gasteiger partial charge >= 0.3 is 0 Å². The van der Waals surface area contributed by atoms with Gasteiger partial charge in [-0.25, -0.2) is 0 Å². The molecule has 1 fully saturated rings. The SMILES string of the molecule is Cl.ON=C1CCCC1. The average molecular weight is 136 g/mol. The molecule has 0 aliphatic heterocycles. The van der Waals surface area contributed by atoms with Gasteiger partial charge in [0.05, 0.1) is 5.71 Å². The fourth-order valence-corrected chi connectivity index (χ4v) is 0.883. The van der Waals surface area contributed by atoms with E-state index in [1.807, 2.05) is 0 Å². The molecule has 1 rings (SSSR count). The van der Waals surface area contributed by atoms with Crippen molar-refractivity contribution in [3.63, 3.8) is 0 Å². The Morgan fingerprint density at radius 1 is 1.25 bits per heavy atom. The molecule has 0 radical (unpaired) electrons. The minimum atomic E-state index is 0. The van der Waals surface area contributed by atoms with Crippen LogP contribution in [0.4, 0.5) is 0 Å². The Morgan fingerprint density at radius 2 is 1.75 bits per heavy atom. The summed E-state index contributed by atoms with van der Waals surface area (Å²) in [5.74, 6) is 0. The summed E-state index contributed by atoms with van der Waals surface area (Å²) in [6.07, 6.45) is 4.44.